The van der Waals surface area contributed by atoms with E-state index in [-0.39, 0.29) is 60.4 Å². The second kappa shape index (κ2) is 16.3. The number of sulfonamides is 1. The normalized spacial score (nSPS) is 20.7. The highest BCUT2D eigenvalue weighted by Crippen LogP contribution is 2.34. The number of aliphatic hydroxyl groups is 1. The maximum Gasteiger partial charge on any atom is 0.323 e. The predicted octanol–water partition coefficient (Wildman–Crippen LogP) is 4.78. The molecule has 15 nitrogen and oxygen atoms in total. The van der Waals surface area contributed by atoms with E-state index in [9.17, 15) is 23.1 Å². The maximum absolute atomic E-state index is 14.4. The molecule has 3 aromatic rings. The molecule has 2 aliphatic rings. The summed E-state index contributed by atoms with van der Waals surface area (Å²) in [5.74, 6) is 0.838. The van der Waals surface area contributed by atoms with E-state index in [1.165, 1.54) is 16.3 Å². The Morgan fingerprint density at radius 2 is 1.75 bits per heavy atom. The molecule has 0 bridgehead atoms. The summed E-state index contributed by atoms with van der Waals surface area (Å²) in [6.07, 6.45) is 1.30. The van der Waals surface area contributed by atoms with Gasteiger partial charge in [-0.2, -0.15) is 4.31 Å². The van der Waals surface area contributed by atoms with E-state index in [1.807, 2.05) is 13.8 Å². The van der Waals surface area contributed by atoms with Gasteiger partial charge in [-0.25, -0.2) is 13.2 Å². The summed E-state index contributed by atoms with van der Waals surface area (Å²) in [5.41, 5.74) is 1.29. The second-order valence-corrected chi connectivity index (χ2v) is 15.1. The summed E-state index contributed by atoms with van der Waals surface area (Å²) in [6.45, 7) is 8.94. The van der Waals surface area contributed by atoms with Gasteiger partial charge in [0.25, 0.3) is 5.91 Å². The van der Waals surface area contributed by atoms with Crippen molar-refractivity contribution in [3.63, 3.8) is 0 Å². The Balaban J connectivity index is 1.40. The molecule has 0 aliphatic carbocycles. The fraction of sp³-hybridized carbons (Fsp3) is 0.514. The standard InChI is InChI=1S/C35H47N5O10S/c1-21-17-40(22(2)19-41)34(42)28-15-26(36-35(43)37-27-11-13-30-31(16-27)48-20-47-30)10-12-29(28)49-23(3)9-7-8-14-46-32(21)18-39(6)51(44,45)33-24(4)38-50-25(33)5/h10-13,15-16,21-23,32,41H,7-9,14,17-20H2,1-6H3,(H2,36,37,43)/t21-,22-,23-,32+/m0/s1. The first kappa shape index (κ1) is 37.9. The molecule has 51 heavy (non-hydrogen) atoms. The van der Waals surface area contributed by atoms with Gasteiger partial charge in [-0.15, -0.1) is 0 Å². The Morgan fingerprint density at radius 3 is 2.43 bits per heavy atom. The van der Waals surface area contributed by atoms with Crippen LogP contribution in [0.4, 0.5) is 16.2 Å². The third-order valence-corrected chi connectivity index (χ3v) is 11.1. The first-order chi connectivity index (χ1) is 24.3. The van der Waals surface area contributed by atoms with Gasteiger partial charge in [0.2, 0.25) is 16.8 Å². The zero-order chi connectivity index (χ0) is 36.9. The summed E-state index contributed by atoms with van der Waals surface area (Å²) in [6, 6.07) is 8.74. The highest BCUT2D eigenvalue weighted by molar-refractivity contribution is 7.89. The molecular formula is C35H47N5O10S. The molecule has 5 rings (SSSR count). The molecule has 0 fully saturated rings. The van der Waals surface area contributed by atoms with Crippen molar-refractivity contribution in [2.24, 2.45) is 5.92 Å². The number of anilines is 2. The maximum atomic E-state index is 14.4. The fourth-order valence-electron chi connectivity index (χ4n) is 6.08. The Hall–Kier alpha value is -4.38. The summed E-state index contributed by atoms with van der Waals surface area (Å²) >= 11 is 0. The number of aryl methyl sites for hydroxylation is 2. The number of nitrogens with one attached hydrogen (secondary N) is 2. The van der Waals surface area contributed by atoms with Gasteiger partial charge < -0.3 is 44.1 Å². The van der Waals surface area contributed by atoms with Gasteiger partial charge in [-0.1, -0.05) is 12.1 Å². The van der Waals surface area contributed by atoms with Crippen LogP contribution >= 0.6 is 0 Å². The Kier molecular flexibility index (Phi) is 12.1. The number of amides is 3. The highest BCUT2D eigenvalue weighted by atomic mass is 32.2. The van der Waals surface area contributed by atoms with E-state index in [0.717, 1.165) is 6.42 Å². The number of hydrogen-bond acceptors (Lipinski definition) is 11. The van der Waals surface area contributed by atoms with Gasteiger partial charge in [0.15, 0.2) is 17.3 Å². The molecule has 3 heterocycles. The van der Waals surface area contributed by atoms with Crippen LogP contribution in [0.25, 0.3) is 0 Å². The summed E-state index contributed by atoms with van der Waals surface area (Å²) in [5, 5.41) is 19.6. The van der Waals surface area contributed by atoms with Gasteiger partial charge in [-0.05, 0) is 77.3 Å². The van der Waals surface area contributed by atoms with Crippen LogP contribution in [0.15, 0.2) is 45.8 Å². The molecule has 16 heteroatoms. The summed E-state index contributed by atoms with van der Waals surface area (Å²) in [4.78, 5) is 29.0. The van der Waals surface area contributed by atoms with Crippen molar-refractivity contribution in [3.8, 4) is 17.2 Å². The number of ether oxygens (including phenoxy) is 4. The van der Waals surface area contributed by atoms with E-state index in [4.69, 9.17) is 23.5 Å². The number of nitrogens with zero attached hydrogens (tertiary/aromatic N) is 3. The minimum absolute atomic E-state index is 0.00570. The first-order valence-corrected chi connectivity index (χ1v) is 18.4. The van der Waals surface area contributed by atoms with E-state index in [1.54, 1.807) is 57.2 Å². The molecule has 2 aliphatic heterocycles. The lowest BCUT2D eigenvalue weighted by Crippen LogP contribution is -2.48. The van der Waals surface area contributed by atoms with Gasteiger partial charge in [0.1, 0.15) is 16.3 Å². The number of likely N-dealkylation sites (N-methyl/N-ethyl adjacent to an activating group) is 1. The van der Waals surface area contributed by atoms with Crippen LogP contribution in [0.3, 0.4) is 0 Å². The number of hydrogen-bond donors (Lipinski definition) is 3. The lowest BCUT2D eigenvalue weighted by atomic mass is 10.0. The van der Waals surface area contributed by atoms with Crippen molar-refractivity contribution in [3.05, 3.63) is 53.4 Å². The monoisotopic (exact) mass is 729 g/mol. The lowest BCUT2D eigenvalue weighted by Gasteiger charge is -2.35. The number of rotatable bonds is 8. The fourth-order valence-corrected chi connectivity index (χ4v) is 7.55. The molecule has 278 valence electrons. The number of aliphatic hydroxyl groups excluding tert-OH is 1. The van der Waals surface area contributed by atoms with E-state index in [2.05, 4.69) is 15.8 Å². The molecule has 0 spiro atoms. The van der Waals surface area contributed by atoms with E-state index >= 15 is 0 Å². The average Bonchev–Trinajstić information content (AvgIpc) is 3.70. The molecule has 0 saturated carbocycles. The molecule has 1 aromatic heterocycles. The van der Waals surface area contributed by atoms with Crippen LogP contribution in [-0.4, -0.2) is 98.2 Å². The van der Waals surface area contributed by atoms with E-state index in [0.29, 0.717) is 48.1 Å². The molecule has 0 saturated heterocycles. The highest BCUT2D eigenvalue weighted by Gasteiger charge is 2.34. The largest absolute Gasteiger partial charge is 0.490 e. The molecule has 4 atom stereocenters. The Labute approximate surface area is 298 Å². The number of carbonyl (C=O) groups is 2. The van der Waals surface area contributed by atoms with Crippen LogP contribution in [0.5, 0.6) is 17.2 Å². The van der Waals surface area contributed by atoms with Crippen LogP contribution in [-0.2, 0) is 14.8 Å². The third-order valence-electron chi connectivity index (χ3n) is 9.01. The van der Waals surface area contributed by atoms with Crippen molar-refractivity contribution in [1.82, 2.24) is 14.4 Å². The number of fused-ring (bicyclic) bond motifs is 2. The molecule has 3 amide bonds. The van der Waals surface area contributed by atoms with Gasteiger partial charge in [0.05, 0.1) is 30.4 Å². The number of carbonyl (C=O) groups excluding carboxylic acids is 2. The van der Waals surface area contributed by atoms with Crippen molar-refractivity contribution in [1.29, 1.82) is 0 Å². The van der Waals surface area contributed by atoms with Crippen molar-refractivity contribution in [2.45, 2.75) is 77.0 Å². The van der Waals surface area contributed by atoms with Crippen LogP contribution < -0.4 is 24.8 Å². The zero-order valence-electron chi connectivity index (χ0n) is 29.8. The Morgan fingerprint density at radius 1 is 1.06 bits per heavy atom. The first-order valence-electron chi connectivity index (χ1n) is 17.0. The molecule has 2 aromatic carbocycles. The third kappa shape index (κ3) is 8.92. The van der Waals surface area contributed by atoms with Gasteiger partial charge >= 0.3 is 6.03 Å². The number of aromatic nitrogens is 1. The second-order valence-electron chi connectivity index (χ2n) is 13.1. The zero-order valence-corrected chi connectivity index (χ0v) is 30.6. The molecule has 0 unspecified atom stereocenters. The Bertz CT molecular complexity index is 1800. The van der Waals surface area contributed by atoms with E-state index < -0.39 is 34.1 Å². The minimum Gasteiger partial charge on any atom is -0.490 e. The molecule has 3 N–H and O–H groups in total. The molecule has 0 radical (unpaired) electrons. The quantitative estimate of drug-likeness (QED) is 0.290. The summed E-state index contributed by atoms with van der Waals surface area (Å²) in [7, 11) is -2.48. The SMILES string of the molecule is Cc1noc(C)c1S(=O)(=O)N(C)C[C@H]1OCCCC[C@H](C)Oc2ccc(NC(=O)Nc3ccc4c(c3)OCO4)cc2C(=O)N([C@@H](C)CO)C[C@@H]1C. The number of benzene rings is 2. The average molecular weight is 730 g/mol. The van der Waals surface area contributed by atoms with Gasteiger partial charge in [0, 0.05) is 50.1 Å². The summed E-state index contributed by atoms with van der Waals surface area (Å²) < 4.78 is 56.9. The van der Waals surface area contributed by atoms with Crippen LogP contribution in [0, 0.1) is 19.8 Å². The van der Waals surface area contributed by atoms with Crippen molar-refractivity contribution >= 4 is 33.3 Å². The number of urea groups is 1. The minimum atomic E-state index is -3.96. The van der Waals surface area contributed by atoms with Crippen LogP contribution in [0.1, 0.15) is 61.8 Å². The molecular weight excluding hydrogens is 682 g/mol. The van der Waals surface area contributed by atoms with Crippen LogP contribution in [0.2, 0.25) is 0 Å². The van der Waals surface area contributed by atoms with Crippen molar-refractivity contribution in [2.75, 3.05) is 50.8 Å². The topological polar surface area (TPSA) is 182 Å². The predicted molar refractivity (Wildman–Crippen MR) is 188 cm³/mol. The lowest BCUT2D eigenvalue weighted by molar-refractivity contribution is -0.00835. The van der Waals surface area contributed by atoms with Gasteiger partial charge in [-0.3, -0.25) is 4.79 Å². The smallest absolute Gasteiger partial charge is 0.323 e. The van der Waals surface area contributed by atoms with Crippen molar-refractivity contribution < 1.29 is 46.6 Å².